The number of urea groups is 1. The summed E-state index contributed by atoms with van der Waals surface area (Å²) in [6, 6.07) is 9.66. The molecule has 1 aliphatic rings. The van der Waals surface area contributed by atoms with Crippen LogP contribution in [0.2, 0.25) is 0 Å². The van der Waals surface area contributed by atoms with Gasteiger partial charge in [-0.1, -0.05) is 37.0 Å². The van der Waals surface area contributed by atoms with Gasteiger partial charge in [-0.05, 0) is 30.7 Å². The third-order valence-electron chi connectivity index (χ3n) is 5.62. The zero-order valence-electron chi connectivity index (χ0n) is 18.9. The van der Waals surface area contributed by atoms with Gasteiger partial charge in [0.2, 0.25) is 5.91 Å². The van der Waals surface area contributed by atoms with E-state index in [0.717, 1.165) is 12.1 Å². The minimum atomic E-state index is -1.59. The van der Waals surface area contributed by atoms with Crippen molar-refractivity contribution in [1.82, 2.24) is 15.1 Å². The highest BCUT2D eigenvalue weighted by Gasteiger charge is 2.49. The average Bonchev–Trinajstić information content (AvgIpc) is 3.23. The van der Waals surface area contributed by atoms with Gasteiger partial charge >= 0.3 is 6.03 Å². The first-order valence-corrected chi connectivity index (χ1v) is 10.7. The molecule has 1 atom stereocenters. The number of imide groups is 1. The van der Waals surface area contributed by atoms with Crippen molar-refractivity contribution in [2.24, 2.45) is 7.05 Å². The third kappa shape index (κ3) is 4.75. The highest BCUT2D eigenvalue weighted by molar-refractivity contribution is 6.20. The molecule has 0 bridgehead atoms. The van der Waals surface area contributed by atoms with Crippen molar-refractivity contribution >= 4 is 29.2 Å². The Labute approximate surface area is 199 Å². The van der Waals surface area contributed by atoms with E-state index in [4.69, 9.17) is 0 Å². The van der Waals surface area contributed by atoms with Crippen LogP contribution in [0.1, 0.15) is 30.9 Å². The van der Waals surface area contributed by atoms with Gasteiger partial charge in [0.1, 0.15) is 11.2 Å². The van der Waals surface area contributed by atoms with Crippen LogP contribution >= 0.6 is 0 Å². The predicted octanol–water partition coefficient (Wildman–Crippen LogP) is 3.33. The molecule has 2 heterocycles. The average molecular weight is 477 g/mol. The lowest BCUT2D eigenvalue weighted by molar-refractivity contribution is -0.129. The zero-order valence-corrected chi connectivity index (χ0v) is 18.9. The summed E-state index contributed by atoms with van der Waals surface area (Å²) in [6.45, 7) is 1.62. The maximum atomic E-state index is 14.9. The zero-order chi connectivity index (χ0) is 25.2. The van der Waals surface area contributed by atoms with Gasteiger partial charge in [-0.25, -0.2) is 18.5 Å². The first kappa shape index (κ1) is 23.6. The summed E-state index contributed by atoms with van der Waals surface area (Å²) in [7, 11) is 1.66. The molecule has 3 aromatic rings. The molecular weight excluding hydrogens is 456 g/mol. The van der Waals surface area contributed by atoms with E-state index in [1.165, 1.54) is 10.9 Å². The van der Waals surface area contributed by atoms with Crippen LogP contribution < -0.4 is 15.5 Å². The highest BCUT2D eigenvalue weighted by atomic mass is 19.1. The number of nitrogens with one attached hydrogen (secondary N) is 2. The molecule has 1 saturated heterocycles. The first-order valence-electron chi connectivity index (χ1n) is 10.7. The normalized spacial score (nSPS) is 17.4. The quantitative estimate of drug-likeness (QED) is 0.564. The lowest BCUT2D eigenvalue weighted by atomic mass is 9.88. The van der Waals surface area contributed by atoms with Crippen LogP contribution in [-0.2, 0) is 16.6 Å². The lowest BCUT2D eigenvalue weighted by Crippen LogP contribution is -2.67. The molecule has 8 nitrogen and oxygen atoms in total. The molecule has 35 heavy (non-hydrogen) atoms. The van der Waals surface area contributed by atoms with Crippen LogP contribution in [0.4, 0.5) is 25.0 Å². The molecule has 0 saturated carbocycles. The van der Waals surface area contributed by atoms with E-state index in [0.29, 0.717) is 16.2 Å². The van der Waals surface area contributed by atoms with E-state index in [-0.39, 0.29) is 12.0 Å². The van der Waals surface area contributed by atoms with E-state index >= 15 is 0 Å². The van der Waals surface area contributed by atoms with E-state index in [1.54, 1.807) is 44.4 Å². The summed E-state index contributed by atoms with van der Waals surface area (Å²) in [6.07, 6.45) is 2.54. The summed E-state index contributed by atoms with van der Waals surface area (Å²) >= 11 is 0. The molecular formula is C25H21F2N5O3. The summed E-state index contributed by atoms with van der Waals surface area (Å²) in [4.78, 5) is 39.1. The van der Waals surface area contributed by atoms with Crippen LogP contribution in [0.5, 0.6) is 0 Å². The molecule has 4 rings (SSSR count). The third-order valence-corrected chi connectivity index (χ3v) is 5.62. The molecule has 4 amide bonds. The first-order chi connectivity index (χ1) is 16.7. The molecule has 178 valence electrons. The largest absolute Gasteiger partial charge is 0.329 e. The summed E-state index contributed by atoms with van der Waals surface area (Å²) in [5, 5.41) is 9.02. The number of amides is 4. The topological polar surface area (TPSA) is 96.3 Å². The molecule has 1 aliphatic heterocycles. The number of hydrogen-bond donors (Lipinski definition) is 2. The molecule has 0 radical (unpaired) electrons. The Kier molecular flexibility index (Phi) is 6.34. The van der Waals surface area contributed by atoms with Crippen LogP contribution in [-0.4, -0.2) is 33.2 Å². The van der Waals surface area contributed by atoms with Crippen LogP contribution in [0, 0.1) is 23.5 Å². The molecule has 2 N–H and O–H groups in total. The molecule has 10 heteroatoms. The summed E-state index contributed by atoms with van der Waals surface area (Å²) in [5.74, 6) is 1.64. The van der Waals surface area contributed by atoms with Gasteiger partial charge in [0.05, 0.1) is 18.3 Å². The van der Waals surface area contributed by atoms with Crippen molar-refractivity contribution in [2.45, 2.75) is 25.3 Å². The molecule has 1 fully saturated rings. The molecule has 0 aliphatic carbocycles. The monoisotopic (exact) mass is 477 g/mol. The number of carbonyl (C=O) groups is 3. The minimum Gasteiger partial charge on any atom is -0.322 e. The van der Waals surface area contributed by atoms with Crippen molar-refractivity contribution in [3.05, 3.63) is 77.6 Å². The van der Waals surface area contributed by atoms with Crippen molar-refractivity contribution in [2.75, 3.05) is 10.2 Å². The Morgan fingerprint density at radius 2 is 1.80 bits per heavy atom. The number of aromatic nitrogens is 2. The summed E-state index contributed by atoms with van der Waals surface area (Å²) in [5.41, 5.74) is -1.34. The maximum Gasteiger partial charge on any atom is 0.329 e. The number of aryl methyl sites for hydroxylation is 1. The fraction of sp³-hybridized carbons (Fsp3) is 0.200. The van der Waals surface area contributed by atoms with Crippen LogP contribution in [0.15, 0.2) is 54.9 Å². The Morgan fingerprint density at radius 1 is 1.14 bits per heavy atom. The molecule has 0 spiro atoms. The van der Waals surface area contributed by atoms with Gasteiger partial charge < -0.3 is 10.6 Å². The fourth-order valence-electron chi connectivity index (χ4n) is 3.75. The maximum absolute atomic E-state index is 14.9. The van der Waals surface area contributed by atoms with Crippen molar-refractivity contribution < 1.29 is 23.2 Å². The van der Waals surface area contributed by atoms with Crippen LogP contribution in [0.3, 0.4) is 0 Å². The van der Waals surface area contributed by atoms with Gasteiger partial charge in [-0.3, -0.25) is 14.3 Å². The van der Waals surface area contributed by atoms with Gasteiger partial charge in [-0.15, -0.1) is 0 Å². The van der Waals surface area contributed by atoms with E-state index in [9.17, 15) is 23.2 Å². The second-order valence-electron chi connectivity index (χ2n) is 8.03. The summed E-state index contributed by atoms with van der Waals surface area (Å²) < 4.78 is 31.3. The smallest absolute Gasteiger partial charge is 0.322 e. The van der Waals surface area contributed by atoms with Crippen molar-refractivity contribution in [3.63, 3.8) is 0 Å². The van der Waals surface area contributed by atoms with Crippen molar-refractivity contribution in [1.29, 1.82) is 0 Å². The van der Waals surface area contributed by atoms with Gasteiger partial charge in [0, 0.05) is 24.4 Å². The van der Waals surface area contributed by atoms with E-state index in [2.05, 4.69) is 27.6 Å². The number of halogens is 2. The number of hydrogen-bond acceptors (Lipinski definition) is 4. The number of anilines is 2. The highest BCUT2D eigenvalue weighted by Crippen LogP contribution is 2.31. The second-order valence-corrected chi connectivity index (χ2v) is 8.03. The van der Waals surface area contributed by atoms with Crippen molar-refractivity contribution in [3.8, 4) is 11.8 Å². The Bertz CT molecular complexity index is 1330. The predicted molar refractivity (Wildman–Crippen MR) is 124 cm³/mol. The minimum absolute atomic E-state index is 0.0382. The van der Waals surface area contributed by atoms with Crippen LogP contribution in [0.25, 0.3) is 0 Å². The standard InChI is InChI=1S/C25H21F2N5O3/c1-3-25(23(34)29-18-14-28-31(2)15-18)13-21(33)32(24(35)30-25)22-19(26)11-17(12-20(22)27)10-9-16-7-5-4-6-8-16/h4-8,11-12,14-15H,3,13H2,1-2H3,(H,29,34)(H,30,35)/t25-/m0/s1. The number of rotatable bonds is 4. The molecule has 0 unspecified atom stereocenters. The van der Waals surface area contributed by atoms with E-state index in [1.807, 2.05) is 6.07 Å². The van der Waals surface area contributed by atoms with E-state index < -0.39 is 47.1 Å². The SMILES string of the molecule is CC[C@@]1(C(=O)Nc2cnn(C)c2)CC(=O)N(c2c(F)cc(C#Cc3ccccc3)cc2F)C(=O)N1. The Morgan fingerprint density at radius 3 is 2.37 bits per heavy atom. The Hall–Kier alpha value is -4.52. The molecule has 2 aromatic carbocycles. The number of benzene rings is 2. The number of carbonyl (C=O) groups excluding carboxylic acids is 3. The van der Waals surface area contributed by atoms with Gasteiger partial charge in [-0.2, -0.15) is 5.10 Å². The molecule has 1 aromatic heterocycles. The fourth-order valence-corrected chi connectivity index (χ4v) is 3.75. The van der Waals surface area contributed by atoms with Gasteiger partial charge in [0.15, 0.2) is 11.6 Å². The number of nitrogens with zero attached hydrogens (tertiary/aromatic N) is 3. The lowest BCUT2D eigenvalue weighted by Gasteiger charge is -2.39. The second kappa shape index (κ2) is 9.38. The Balaban J connectivity index is 1.59. The van der Waals surface area contributed by atoms with Gasteiger partial charge in [0.25, 0.3) is 5.91 Å².